The molecule has 0 unspecified atom stereocenters. The number of nitrogens with one attached hydrogen (secondary N) is 1. The third kappa shape index (κ3) is 5.16. The quantitative estimate of drug-likeness (QED) is 0.575. The van der Waals surface area contributed by atoms with E-state index in [0.717, 1.165) is 9.87 Å². The highest BCUT2D eigenvalue weighted by molar-refractivity contribution is 7.93. The minimum absolute atomic E-state index is 0.00645. The lowest BCUT2D eigenvalue weighted by Crippen LogP contribution is -2.38. The molecule has 0 saturated carbocycles. The second-order valence-corrected chi connectivity index (χ2v) is 8.61. The van der Waals surface area contributed by atoms with Crippen LogP contribution < -0.4 is 19.1 Å². The zero-order valence-corrected chi connectivity index (χ0v) is 18.3. The van der Waals surface area contributed by atoms with Crippen molar-refractivity contribution in [2.45, 2.75) is 11.8 Å². The van der Waals surface area contributed by atoms with Crippen LogP contribution in [0.5, 0.6) is 11.5 Å². The summed E-state index contributed by atoms with van der Waals surface area (Å²) in [6, 6.07) is 20.2. The van der Waals surface area contributed by atoms with Crippen molar-refractivity contribution >= 4 is 27.3 Å². The third-order valence-electron chi connectivity index (χ3n) is 4.57. The van der Waals surface area contributed by atoms with Gasteiger partial charge in [-0.15, -0.1) is 0 Å². The number of methoxy groups -OCH3 is 2. The predicted octanol–water partition coefficient (Wildman–Crippen LogP) is 3.85. The maximum absolute atomic E-state index is 13.6. The number of benzene rings is 3. The summed E-state index contributed by atoms with van der Waals surface area (Å²) in [5.41, 5.74) is 1.63. The molecule has 0 aliphatic rings. The number of carbonyl (C=O) groups is 1. The van der Waals surface area contributed by atoms with Crippen LogP contribution in [0, 0.1) is 6.92 Å². The topological polar surface area (TPSA) is 84.9 Å². The fraction of sp³-hybridized carbons (Fsp3) is 0.174. The van der Waals surface area contributed by atoms with Gasteiger partial charge >= 0.3 is 0 Å². The predicted molar refractivity (Wildman–Crippen MR) is 120 cm³/mol. The SMILES string of the molecule is COc1cccc(NC(=O)CN(c2ccccc2)S(=O)(=O)c2cc(C)ccc2OC)c1. The lowest BCUT2D eigenvalue weighted by molar-refractivity contribution is -0.114. The number of ether oxygens (including phenoxy) is 2. The molecule has 7 nitrogen and oxygen atoms in total. The molecule has 1 amide bonds. The zero-order valence-electron chi connectivity index (χ0n) is 17.5. The van der Waals surface area contributed by atoms with Crippen LogP contribution in [-0.4, -0.2) is 35.1 Å². The third-order valence-corrected chi connectivity index (χ3v) is 6.37. The molecule has 0 bridgehead atoms. The van der Waals surface area contributed by atoms with Gasteiger partial charge in [-0.2, -0.15) is 0 Å². The first-order chi connectivity index (χ1) is 14.8. The average Bonchev–Trinajstić information content (AvgIpc) is 2.78. The van der Waals surface area contributed by atoms with Gasteiger partial charge in [0.1, 0.15) is 22.9 Å². The Hall–Kier alpha value is -3.52. The van der Waals surface area contributed by atoms with Crippen LogP contribution in [0.4, 0.5) is 11.4 Å². The molecule has 3 aromatic carbocycles. The summed E-state index contributed by atoms with van der Waals surface area (Å²) in [6.07, 6.45) is 0. The van der Waals surface area contributed by atoms with E-state index in [0.29, 0.717) is 17.1 Å². The van der Waals surface area contributed by atoms with E-state index in [1.54, 1.807) is 73.7 Å². The molecule has 0 spiro atoms. The Morgan fingerprint density at radius 3 is 2.35 bits per heavy atom. The second-order valence-electron chi connectivity index (χ2n) is 6.78. The monoisotopic (exact) mass is 440 g/mol. The molecular weight excluding hydrogens is 416 g/mol. The first-order valence-corrected chi connectivity index (χ1v) is 11.0. The van der Waals surface area contributed by atoms with E-state index in [1.807, 2.05) is 0 Å². The van der Waals surface area contributed by atoms with E-state index >= 15 is 0 Å². The molecular formula is C23H24N2O5S. The van der Waals surface area contributed by atoms with Gasteiger partial charge < -0.3 is 14.8 Å². The van der Waals surface area contributed by atoms with Gasteiger partial charge in [0.2, 0.25) is 5.91 Å². The average molecular weight is 441 g/mol. The molecule has 0 fully saturated rings. The minimum atomic E-state index is -4.10. The van der Waals surface area contributed by atoms with E-state index in [9.17, 15) is 13.2 Å². The van der Waals surface area contributed by atoms with E-state index in [1.165, 1.54) is 20.3 Å². The molecule has 0 aliphatic carbocycles. The Morgan fingerprint density at radius 2 is 1.68 bits per heavy atom. The van der Waals surface area contributed by atoms with Crippen molar-refractivity contribution in [3.8, 4) is 11.5 Å². The lowest BCUT2D eigenvalue weighted by Gasteiger charge is -2.25. The number of rotatable bonds is 8. The van der Waals surface area contributed by atoms with Gasteiger partial charge in [-0.3, -0.25) is 9.10 Å². The van der Waals surface area contributed by atoms with Crippen LogP contribution in [0.25, 0.3) is 0 Å². The summed E-state index contributed by atoms with van der Waals surface area (Å²) in [5, 5.41) is 2.72. The van der Waals surface area contributed by atoms with Gasteiger partial charge in [0.25, 0.3) is 10.0 Å². The van der Waals surface area contributed by atoms with Crippen molar-refractivity contribution in [3.05, 3.63) is 78.4 Å². The lowest BCUT2D eigenvalue weighted by atomic mass is 10.2. The molecule has 8 heteroatoms. The van der Waals surface area contributed by atoms with Crippen molar-refractivity contribution in [3.63, 3.8) is 0 Å². The van der Waals surface area contributed by atoms with Gasteiger partial charge in [0, 0.05) is 11.8 Å². The molecule has 3 rings (SSSR count). The summed E-state index contributed by atoms with van der Waals surface area (Å²) in [7, 11) is -1.16. The van der Waals surface area contributed by atoms with Crippen molar-refractivity contribution < 1.29 is 22.7 Å². The van der Waals surface area contributed by atoms with Crippen LogP contribution in [0.2, 0.25) is 0 Å². The molecule has 0 aromatic heterocycles. The smallest absolute Gasteiger partial charge is 0.268 e. The van der Waals surface area contributed by atoms with E-state index in [-0.39, 0.29) is 10.6 Å². The normalized spacial score (nSPS) is 10.9. The second kappa shape index (κ2) is 9.53. The summed E-state index contributed by atoms with van der Waals surface area (Å²) in [5.74, 6) is 0.293. The summed E-state index contributed by atoms with van der Waals surface area (Å²) < 4.78 is 38.7. The Balaban J connectivity index is 1.97. The van der Waals surface area contributed by atoms with E-state index < -0.39 is 22.5 Å². The molecule has 31 heavy (non-hydrogen) atoms. The van der Waals surface area contributed by atoms with Crippen LogP contribution in [0.3, 0.4) is 0 Å². The minimum Gasteiger partial charge on any atom is -0.497 e. The number of anilines is 2. The molecule has 0 radical (unpaired) electrons. The highest BCUT2D eigenvalue weighted by atomic mass is 32.2. The van der Waals surface area contributed by atoms with Crippen molar-refractivity contribution in [1.82, 2.24) is 0 Å². The van der Waals surface area contributed by atoms with Gasteiger partial charge in [-0.1, -0.05) is 30.3 Å². The maximum atomic E-state index is 13.6. The molecule has 0 aliphatic heterocycles. The van der Waals surface area contributed by atoms with Crippen molar-refractivity contribution in [2.75, 3.05) is 30.4 Å². The van der Waals surface area contributed by atoms with Crippen molar-refractivity contribution in [1.29, 1.82) is 0 Å². The number of nitrogens with zero attached hydrogens (tertiary/aromatic N) is 1. The van der Waals surface area contributed by atoms with Crippen LogP contribution in [0.1, 0.15) is 5.56 Å². The molecule has 0 atom stereocenters. The largest absolute Gasteiger partial charge is 0.497 e. The molecule has 162 valence electrons. The number of sulfonamides is 1. The van der Waals surface area contributed by atoms with Crippen LogP contribution in [0.15, 0.2) is 77.7 Å². The van der Waals surface area contributed by atoms with Gasteiger partial charge in [0.05, 0.1) is 19.9 Å². The van der Waals surface area contributed by atoms with Gasteiger partial charge in [-0.05, 0) is 48.9 Å². The standard InChI is InChI=1S/C23H24N2O5S/c1-17-12-13-21(30-3)22(14-17)31(27,28)25(19-9-5-4-6-10-19)16-23(26)24-18-8-7-11-20(15-18)29-2/h4-15H,16H2,1-3H3,(H,24,26). The first kappa shape index (κ1) is 22.2. The number of para-hydroxylation sites is 1. The highest BCUT2D eigenvalue weighted by Crippen LogP contribution is 2.31. The molecule has 0 heterocycles. The highest BCUT2D eigenvalue weighted by Gasteiger charge is 2.30. The van der Waals surface area contributed by atoms with E-state index in [4.69, 9.17) is 9.47 Å². The summed E-state index contributed by atoms with van der Waals surface area (Å²) in [6.45, 7) is 1.38. The van der Waals surface area contributed by atoms with Crippen molar-refractivity contribution in [2.24, 2.45) is 0 Å². The first-order valence-electron chi connectivity index (χ1n) is 9.51. The van der Waals surface area contributed by atoms with Gasteiger partial charge in [-0.25, -0.2) is 8.42 Å². The maximum Gasteiger partial charge on any atom is 0.268 e. The Kier molecular flexibility index (Phi) is 6.81. The summed E-state index contributed by atoms with van der Waals surface area (Å²) in [4.78, 5) is 12.8. The Bertz CT molecular complexity index is 1160. The number of aryl methyl sites for hydroxylation is 1. The number of carbonyl (C=O) groups excluding carboxylic acids is 1. The fourth-order valence-electron chi connectivity index (χ4n) is 3.05. The Morgan fingerprint density at radius 1 is 0.935 bits per heavy atom. The van der Waals surface area contributed by atoms with Crippen LogP contribution >= 0.6 is 0 Å². The molecule has 1 N–H and O–H groups in total. The fourth-order valence-corrected chi connectivity index (χ4v) is 4.71. The zero-order chi connectivity index (χ0) is 22.4. The number of hydrogen-bond acceptors (Lipinski definition) is 5. The van der Waals surface area contributed by atoms with Gasteiger partial charge in [0.15, 0.2) is 0 Å². The van der Waals surface area contributed by atoms with Crippen LogP contribution in [-0.2, 0) is 14.8 Å². The summed E-state index contributed by atoms with van der Waals surface area (Å²) >= 11 is 0. The van der Waals surface area contributed by atoms with E-state index in [2.05, 4.69) is 5.32 Å². The number of hydrogen-bond donors (Lipinski definition) is 1. The number of amides is 1. The Labute approximate surface area is 182 Å². The molecule has 0 saturated heterocycles. The molecule has 3 aromatic rings.